The molecule has 4 N–H and O–H groups in total. The van der Waals surface area contributed by atoms with Crippen molar-refractivity contribution in [3.8, 4) is 0 Å². The zero-order valence-electron chi connectivity index (χ0n) is 18.3. The second-order valence-corrected chi connectivity index (χ2v) is 8.58. The molecule has 0 heterocycles. The molecule has 0 aromatic carbocycles. The first kappa shape index (κ1) is 29.5. The highest BCUT2D eigenvalue weighted by atomic mass is 31.2. The van der Waals surface area contributed by atoms with Crippen LogP contribution in [0.3, 0.4) is 0 Å². The maximum absolute atomic E-state index is 11.8. The highest BCUT2D eigenvalue weighted by Crippen LogP contribution is 2.43. The van der Waals surface area contributed by atoms with E-state index in [0.717, 1.165) is 25.7 Å². The van der Waals surface area contributed by atoms with E-state index in [0.29, 0.717) is 12.8 Å². The number of carboxylic acid groups (broad SMARTS) is 1. The van der Waals surface area contributed by atoms with Crippen molar-refractivity contribution in [3.63, 3.8) is 0 Å². The quantitative estimate of drug-likeness (QED) is 0.125. The molecule has 0 fully saturated rings. The van der Waals surface area contributed by atoms with Crippen LogP contribution in [0.4, 0.5) is 0 Å². The molecular weight excluding hydrogens is 433 g/mol. The lowest BCUT2D eigenvalue weighted by Gasteiger charge is -2.18. The number of unbranched alkanes of at least 4 members (excludes halogenated alkanes) is 5. The van der Waals surface area contributed by atoms with E-state index in [4.69, 9.17) is 9.84 Å². The summed E-state index contributed by atoms with van der Waals surface area (Å²) in [5, 5.41) is 20.9. The number of aliphatic hydroxyl groups excluding tert-OH is 1. The van der Waals surface area contributed by atoms with Crippen LogP contribution in [-0.4, -0.2) is 64.9 Å². The monoisotopic (exact) mass is 469 g/mol. The number of esters is 1. The van der Waals surface area contributed by atoms with Gasteiger partial charge in [-0.2, -0.15) is 0 Å². The minimum absolute atomic E-state index is 0.0981. The highest BCUT2D eigenvalue weighted by molar-refractivity contribution is 7.47. The van der Waals surface area contributed by atoms with Crippen molar-refractivity contribution in [2.45, 2.75) is 83.8 Å². The number of aliphatic hydroxyl groups is 1. The van der Waals surface area contributed by atoms with Gasteiger partial charge in [-0.1, -0.05) is 46.0 Å². The fourth-order valence-corrected chi connectivity index (χ4v) is 3.19. The van der Waals surface area contributed by atoms with Crippen LogP contribution >= 0.6 is 7.82 Å². The van der Waals surface area contributed by atoms with Gasteiger partial charge in [0.1, 0.15) is 12.7 Å². The van der Waals surface area contributed by atoms with Crippen molar-refractivity contribution in [2.24, 2.45) is 0 Å². The SMILES string of the molecule is CCCCCCCCC(=O)OCC(O)COP(=O)(O)OCC(NC(=O)CCC)C(=O)O. The highest BCUT2D eigenvalue weighted by Gasteiger charge is 2.28. The van der Waals surface area contributed by atoms with Crippen LogP contribution in [0.2, 0.25) is 0 Å². The van der Waals surface area contributed by atoms with Crippen LogP contribution in [-0.2, 0) is 32.7 Å². The number of aliphatic carboxylic acids is 1. The number of ether oxygens (including phenoxy) is 1. The third-order valence-corrected chi connectivity index (χ3v) is 5.07. The Kier molecular flexibility index (Phi) is 16.2. The third-order valence-electron chi connectivity index (χ3n) is 4.12. The summed E-state index contributed by atoms with van der Waals surface area (Å²) < 4.78 is 25.9. The summed E-state index contributed by atoms with van der Waals surface area (Å²) in [6, 6.07) is -1.53. The Labute approximate surface area is 183 Å². The number of carbonyl (C=O) groups is 3. The largest absolute Gasteiger partial charge is 0.480 e. The van der Waals surface area contributed by atoms with Crippen molar-refractivity contribution >= 4 is 25.7 Å². The second-order valence-electron chi connectivity index (χ2n) is 7.12. The Bertz CT molecular complexity index is 586. The molecule has 0 aliphatic rings. The fourth-order valence-electron chi connectivity index (χ4n) is 2.41. The lowest BCUT2D eigenvalue weighted by molar-refractivity contribution is -0.147. The molecule has 182 valence electrons. The maximum Gasteiger partial charge on any atom is 0.472 e. The lowest BCUT2D eigenvalue weighted by Crippen LogP contribution is -2.43. The van der Waals surface area contributed by atoms with Crippen LogP contribution in [0.1, 0.15) is 71.6 Å². The van der Waals surface area contributed by atoms with E-state index in [1.54, 1.807) is 6.92 Å². The number of carboxylic acids is 1. The van der Waals surface area contributed by atoms with Crippen molar-refractivity contribution < 1.29 is 47.8 Å². The van der Waals surface area contributed by atoms with Gasteiger partial charge in [0.2, 0.25) is 5.91 Å². The molecule has 0 saturated carbocycles. The summed E-state index contributed by atoms with van der Waals surface area (Å²) in [6.45, 7) is 1.97. The molecule has 31 heavy (non-hydrogen) atoms. The summed E-state index contributed by atoms with van der Waals surface area (Å²) in [6.07, 6.45) is 5.55. The number of hydrogen-bond acceptors (Lipinski definition) is 8. The molecule has 1 amide bonds. The zero-order chi connectivity index (χ0) is 23.7. The van der Waals surface area contributed by atoms with Crippen molar-refractivity contribution in [1.29, 1.82) is 0 Å². The molecule has 0 aliphatic carbocycles. The van der Waals surface area contributed by atoms with Crippen LogP contribution in [0.25, 0.3) is 0 Å². The first-order valence-corrected chi connectivity index (χ1v) is 12.1. The van der Waals surface area contributed by atoms with Gasteiger partial charge in [-0.25, -0.2) is 9.36 Å². The zero-order valence-corrected chi connectivity index (χ0v) is 19.2. The minimum atomic E-state index is -4.69. The summed E-state index contributed by atoms with van der Waals surface area (Å²) in [7, 11) is -4.69. The van der Waals surface area contributed by atoms with E-state index in [1.807, 2.05) is 0 Å². The van der Waals surface area contributed by atoms with Crippen LogP contribution < -0.4 is 5.32 Å². The molecule has 0 aromatic rings. The number of amides is 1. The van der Waals surface area contributed by atoms with Gasteiger partial charge in [0.25, 0.3) is 0 Å². The molecular formula is C19H36NO10P. The Balaban J connectivity index is 4.13. The minimum Gasteiger partial charge on any atom is -0.480 e. The Morgan fingerprint density at radius 1 is 0.903 bits per heavy atom. The summed E-state index contributed by atoms with van der Waals surface area (Å²) in [5.74, 6) is -2.46. The Morgan fingerprint density at radius 3 is 2.13 bits per heavy atom. The smallest absolute Gasteiger partial charge is 0.472 e. The maximum atomic E-state index is 11.8. The summed E-state index contributed by atoms with van der Waals surface area (Å²) in [4.78, 5) is 43.8. The number of nitrogens with one attached hydrogen (secondary N) is 1. The first-order chi connectivity index (χ1) is 14.6. The van der Waals surface area contributed by atoms with E-state index in [9.17, 15) is 28.9 Å². The number of rotatable bonds is 19. The summed E-state index contributed by atoms with van der Waals surface area (Å²) in [5.41, 5.74) is 0. The van der Waals surface area contributed by atoms with Gasteiger partial charge in [0.15, 0.2) is 6.04 Å². The number of carbonyl (C=O) groups excluding carboxylic acids is 2. The van der Waals surface area contributed by atoms with Crippen LogP contribution in [0.15, 0.2) is 0 Å². The predicted molar refractivity (Wildman–Crippen MR) is 111 cm³/mol. The van der Waals surface area contributed by atoms with E-state index in [1.165, 1.54) is 6.42 Å². The summed E-state index contributed by atoms with van der Waals surface area (Å²) >= 11 is 0. The molecule has 0 spiro atoms. The fraction of sp³-hybridized carbons (Fsp3) is 0.842. The van der Waals surface area contributed by atoms with Crippen molar-refractivity contribution in [1.82, 2.24) is 5.32 Å². The molecule has 0 radical (unpaired) electrons. The number of phosphoric ester groups is 1. The van der Waals surface area contributed by atoms with Gasteiger partial charge in [-0.3, -0.25) is 18.6 Å². The molecule has 12 heteroatoms. The molecule has 0 bridgehead atoms. The Morgan fingerprint density at radius 2 is 1.52 bits per heavy atom. The first-order valence-electron chi connectivity index (χ1n) is 10.6. The van der Waals surface area contributed by atoms with Gasteiger partial charge >= 0.3 is 19.8 Å². The van der Waals surface area contributed by atoms with Gasteiger partial charge in [-0.05, 0) is 12.8 Å². The molecule has 3 unspecified atom stereocenters. The van der Waals surface area contributed by atoms with Crippen LogP contribution in [0, 0.1) is 0 Å². The molecule has 3 atom stereocenters. The molecule has 11 nitrogen and oxygen atoms in total. The normalized spacial score (nSPS) is 15.0. The second kappa shape index (κ2) is 17.1. The molecule has 0 saturated heterocycles. The van der Waals surface area contributed by atoms with Crippen LogP contribution in [0.5, 0.6) is 0 Å². The third kappa shape index (κ3) is 16.8. The van der Waals surface area contributed by atoms with E-state index >= 15 is 0 Å². The van der Waals surface area contributed by atoms with E-state index in [-0.39, 0.29) is 12.8 Å². The van der Waals surface area contributed by atoms with Gasteiger partial charge < -0.3 is 25.2 Å². The standard InChI is InChI=1S/C19H36NO10P/c1-3-5-6-7-8-9-11-18(23)28-12-15(21)13-29-31(26,27)30-14-16(19(24)25)20-17(22)10-4-2/h15-16,21H,3-14H2,1-2H3,(H,20,22)(H,24,25)(H,26,27). The number of phosphoric acid groups is 1. The topological polar surface area (TPSA) is 169 Å². The predicted octanol–water partition coefficient (Wildman–Crippen LogP) is 2.14. The van der Waals surface area contributed by atoms with Crippen molar-refractivity contribution in [3.05, 3.63) is 0 Å². The van der Waals surface area contributed by atoms with Gasteiger partial charge in [0.05, 0.1) is 13.2 Å². The van der Waals surface area contributed by atoms with Gasteiger partial charge in [0, 0.05) is 12.8 Å². The average Bonchev–Trinajstić information content (AvgIpc) is 2.70. The lowest BCUT2D eigenvalue weighted by atomic mass is 10.1. The Hall–Kier alpha value is -1.52. The molecule has 0 aromatic heterocycles. The molecule has 0 aliphatic heterocycles. The number of hydrogen-bond donors (Lipinski definition) is 4. The molecule has 0 rings (SSSR count). The van der Waals surface area contributed by atoms with Crippen molar-refractivity contribution in [2.75, 3.05) is 19.8 Å². The van der Waals surface area contributed by atoms with Gasteiger partial charge in [-0.15, -0.1) is 0 Å². The van der Waals surface area contributed by atoms with E-state index < -0.39 is 57.6 Å². The van der Waals surface area contributed by atoms with E-state index in [2.05, 4.69) is 21.3 Å². The average molecular weight is 469 g/mol.